The maximum atomic E-state index is 13.8. The molecule has 0 aromatic heterocycles. The third kappa shape index (κ3) is 4.19. The number of hydrogen-bond acceptors (Lipinski definition) is 3. The molecule has 5 heteroatoms. The van der Waals surface area contributed by atoms with Crippen LogP contribution in [0.5, 0.6) is 0 Å². The van der Waals surface area contributed by atoms with Gasteiger partial charge in [-0.2, -0.15) is 0 Å². The Kier molecular flexibility index (Phi) is 6.27. The number of aliphatic hydroxyl groups excluding tert-OH is 1. The predicted molar refractivity (Wildman–Crippen MR) is 140 cm³/mol. The number of benzene rings is 2. The van der Waals surface area contributed by atoms with Gasteiger partial charge in [0.15, 0.2) is 0 Å². The van der Waals surface area contributed by atoms with E-state index in [9.17, 15) is 9.90 Å². The molecule has 35 heavy (non-hydrogen) atoms. The Morgan fingerprint density at radius 2 is 1.63 bits per heavy atom. The minimum absolute atomic E-state index is 0.00868. The lowest BCUT2D eigenvalue weighted by Crippen LogP contribution is -2.54. The second-order valence-electron chi connectivity index (χ2n) is 11.0. The van der Waals surface area contributed by atoms with Gasteiger partial charge in [-0.3, -0.25) is 9.80 Å². The molecule has 186 valence electrons. The normalized spacial score (nSPS) is 21.7. The number of aliphatic hydroxyl groups is 1. The van der Waals surface area contributed by atoms with Crippen LogP contribution in [0.1, 0.15) is 64.6 Å². The number of amides is 2. The number of carbonyl (C=O) groups excluding carboxylic acids is 1. The average molecular weight is 474 g/mol. The molecule has 2 fully saturated rings. The van der Waals surface area contributed by atoms with Crippen LogP contribution in [0.25, 0.3) is 0 Å². The van der Waals surface area contributed by atoms with E-state index >= 15 is 0 Å². The van der Waals surface area contributed by atoms with Crippen LogP contribution in [-0.4, -0.2) is 57.6 Å². The molecule has 0 saturated carbocycles. The Morgan fingerprint density at radius 1 is 0.971 bits per heavy atom. The van der Waals surface area contributed by atoms with Crippen LogP contribution in [0.2, 0.25) is 0 Å². The van der Waals surface area contributed by atoms with Gasteiger partial charge in [-0.15, -0.1) is 0 Å². The van der Waals surface area contributed by atoms with E-state index in [1.54, 1.807) is 0 Å². The monoisotopic (exact) mass is 473 g/mol. The third-order valence-corrected chi connectivity index (χ3v) is 8.25. The van der Waals surface area contributed by atoms with Crippen molar-refractivity contribution in [1.29, 1.82) is 0 Å². The van der Waals surface area contributed by atoms with Crippen molar-refractivity contribution in [2.24, 2.45) is 0 Å². The summed E-state index contributed by atoms with van der Waals surface area (Å²) >= 11 is 0. The van der Waals surface area contributed by atoms with Gasteiger partial charge in [0.2, 0.25) is 0 Å². The predicted octanol–water partition coefficient (Wildman–Crippen LogP) is 5.19. The molecule has 0 bridgehead atoms. The summed E-state index contributed by atoms with van der Waals surface area (Å²) in [5, 5.41) is 9.89. The minimum atomic E-state index is -0.335. The standard InChI is InChI=1S/C30H39N3O2/c1-20-12-21(2)15-25(14-20)18-31-8-6-30(7-9-31)27-17-24(5)28-23(4)13-22(3)16-26(28)19-32(27)29(35)33(30)10-11-34/h12-17,24,34H,6-11,18-19H2,1-5H3. The third-order valence-electron chi connectivity index (χ3n) is 8.25. The molecule has 2 aromatic rings. The first-order chi connectivity index (χ1) is 16.7. The number of allylic oxidation sites excluding steroid dienone is 1. The SMILES string of the molecule is Cc1cc(C)cc(CN2CCC3(CC2)C2=CC(C)c4c(C)cc(C)cc4CN2C(=O)N3CCO)c1. The second kappa shape index (κ2) is 9.11. The van der Waals surface area contributed by atoms with E-state index in [2.05, 4.69) is 75.9 Å². The molecule has 2 amide bonds. The maximum absolute atomic E-state index is 13.8. The van der Waals surface area contributed by atoms with E-state index in [0.29, 0.717) is 13.1 Å². The number of β-amino-alcohol motifs (C(OH)–C–C–N with tert-alkyl or cyclic N) is 1. The summed E-state index contributed by atoms with van der Waals surface area (Å²) in [5.74, 6) is 0.248. The van der Waals surface area contributed by atoms with Gasteiger partial charge >= 0.3 is 6.03 Å². The zero-order valence-corrected chi connectivity index (χ0v) is 21.9. The van der Waals surface area contributed by atoms with Crippen molar-refractivity contribution in [2.75, 3.05) is 26.2 Å². The van der Waals surface area contributed by atoms with Crippen LogP contribution >= 0.6 is 0 Å². The fourth-order valence-corrected chi connectivity index (χ4v) is 6.99. The number of piperidine rings is 1. The van der Waals surface area contributed by atoms with Crippen LogP contribution in [0, 0.1) is 27.7 Å². The Morgan fingerprint density at radius 3 is 2.29 bits per heavy atom. The zero-order chi connectivity index (χ0) is 24.9. The lowest BCUT2D eigenvalue weighted by atomic mass is 9.81. The molecular weight excluding hydrogens is 434 g/mol. The molecule has 0 radical (unpaired) electrons. The Balaban J connectivity index is 1.46. The summed E-state index contributed by atoms with van der Waals surface area (Å²) < 4.78 is 0. The summed E-state index contributed by atoms with van der Waals surface area (Å²) in [5.41, 5.74) is 9.96. The highest BCUT2D eigenvalue weighted by atomic mass is 16.3. The molecule has 1 unspecified atom stereocenters. The number of nitrogens with zero attached hydrogens (tertiary/aromatic N) is 3. The van der Waals surface area contributed by atoms with Crippen LogP contribution in [0.3, 0.4) is 0 Å². The summed E-state index contributed by atoms with van der Waals surface area (Å²) in [6.07, 6.45) is 4.14. The number of hydrogen-bond donors (Lipinski definition) is 1. The van der Waals surface area contributed by atoms with Crippen LogP contribution in [0.4, 0.5) is 4.79 Å². The number of carbonyl (C=O) groups is 1. The first kappa shape index (κ1) is 24.1. The first-order valence-corrected chi connectivity index (χ1v) is 13.0. The summed E-state index contributed by atoms with van der Waals surface area (Å²) in [4.78, 5) is 20.3. The minimum Gasteiger partial charge on any atom is -0.395 e. The first-order valence-electron chi connectivity index (χ1n) is 13.0. The molecule has 1 spiro atoms. The highest BCUT2D eigenvalue weighted by molar-refractivity contribution is 5.83. The van der Waals surface area contributed by atoms with E-state index < -0.39 is 0 Å². The van der Waals surface area contributed by atoms with Gasteiger partial charge in [0.25, 0.3) is 0 Å². The Bertz CT molecular complexity index is 1160. The Hall–Kier alpha value is -2.63. The van der Waals surface area contributed by atoms with Crippen molar-refractivity contribution >= 4 is 6.03 Å². The molecule has 0 aliphatic carbocycles. The molecule has 2 saturated heterocycles. The summed E-state index contributed by atoms with van der Waals surface area (Å²) in [7, 11) is 0. The highest BCUT2D eigenvalue weighted by Gasteiger charge is 2.55. The van der Waals surface area contributed by atoms with Crippen molar-refractivity contribution in [3.63, 3.8) is 0 Å². The fourth-order valence-electron chi connectivity index (χ4n) is 6.99. The van der Waals surface area contributed by atoms with E-state index in [1.165, 1.54) is 38.9 Å². The van der Waals surface area contributed by atoms with E-state index in [1.807, 2.05) is 9.80 Å². The highest BCUT2D eigenvalue weighted by Crippen LogP contribution is 2.47. The van der Waals surface area contributed by atoms with E-state index in [-0.39, 0.29) is 24.1 Å². The smallest absolute Gasteiger partial charge is 0.325 e. The van der Waals surface area contributed by atoms with Gasteiger partial charge in [0.1, 0.15) is 0 Å². The lowest BCUT2D eigenvalue weighted by molar-refractivity contribution is 0.0746. The Labute approximate surface area is 210 Å². The largest absolute Gasteiger partial charge is 0.395 e. The second-order valence-corrected chi connectivity index (χ2v) is 11.0. The van der Waals surface area contributed by atoms with Crippen molar-refractivity contribution < 1.29 is 9.90 Å². The van der Waals surface area contributed by atoms with E-state index in [4.69, 9.17) is 0 Å². The molecule has 3 aliphatic rings. The molecule has 5 rings (SSSR count). The molecular formula is C30H39N3O2. The van der Waals surface area contributed by atoms with Gasteiger partial charge in [-0.1, -0.05) is 60.0 Å². The number of likely N-dealkylation sites (tertiary alicyclic amines) is 1. The van der Waals surface area contributed by atoms with Crippen LogP contribution < -0.4 is 0 Å². The maximum Gasteiger partial charge on any atom is 0.325 e. The van der Waals surface area contributed by atoms with Gasteiger partial charge in [0, 0.05) is 37.8 Å². The summed E-state index contributed by atoms with van der Waals surface area (Å²) in [6, 6.07) is 11.3. The molecule has 1 N–H and O–H groups in total. The van der Waals surface area contributed by atoms with Gasteiger partial charge < -0.3 is 10.0 Å². The van der Waals surface area contributed by atoms with Gasteiger partial charge in [-0.05, 0) is 62.8 Å². The van der Waals surface area contributed by atoms with Crippen molar-refractivity contribution in [1.82, 2.24) is 14.7 Å². The zero-order valence-electron chi connectivity index (χ0n) is 21.9. The summed E-state index contributed by atoms with van der Waals surface area (Å²) in [6.45, 7) is 14.7. The van der Waals surface area contributed by atoms with Crippen LogP contribution in [0.15, 0.2) is 42.1 Å². The van der Waals surface area contributed by atoms with Gasteiger partial charge in [0.05, 0.1) is 18.7 Å². The number of urea groups is 1. The quantitative estimate of drug-likeness (QED) is 0.665. The van der Waals surface area contributed by atoms with Crippen LogP contribution in [-0.2, 0) is 13.1 Å². The average Bonchev–Trinajstić information content (AvgIpc) is 2.89. The van der Waals surface area contributed by atoms with Crippen molar-refractivity contribution in [3.05, 3.63) is 81.0 Å². The van der Waals surface area contributed by atoms with E-state index in [0.717, 1.165) is 38.2 Å². The van der Waals surface area contributed by atoms with Crippen molar-refractivity contribution in [3.8, 4) is 0 Å². The number of aryl methyl sites for hydroxylation is 4. The fraction of sp³-hybridized carbons (Fsp3) is 0.500. The number of rotatable bonds is 4. The molecule has 2 aromatic carbocycles. The molecule has 3 aliphatic heterocycles. The molecule has 1 atom stereocenters. The molecule has 3 heterocycles. The topological polar surface area (TPSA) is 47.0 Å². The lowest BCUT2D eigenvalue weighted by Gasteiger charge is -2.44. The van der Waals surface area contributed by atoms with Gasteiger partial charge in [-0.25, -0.2) is 4.79 Å². The van der Waals surface area contributed by atoms with Crippen molar-refractivity contribution in [2.45, 2.75) is 72.0 Å². The number of fused-ring (bicyclic) bond motifs is 3. The molecule has 5 nitrogen and oxygen atoms in total.